The molecule has 5 rings (SSSR count). The van der Waals surface area contributed by atoms with Gasteiger partial charge in [-0.1, -0.05) is 43.3 Å². The highest BCUT2D eigenvalue weighted by molar-refractivity contribution is 6.18. The predicted octanol–water partition coefficient (Wildman–Crippen LogP) is 8.51. The van der Waals surface area contributed by atoms with Crippen LogP contribution in [0.15, 0.2) is 91.0 Å². The van der Waals surface area contributed by atoms with E-state index in [1.807, 2.05) is 72.8 Å². The lowest BCUT2D eigenvalue weighted by Crippen LogP contribution is -2.27. The number of ether oxygens (including phenoxy) is 1. The van der Waals surface area contributed by atoms with Gasteiger partial charge in [0.2, 0.25) is 5.91 Å². The number of carbonyl (C=O) groups is 2. The van der Waals surface area contributed by atoms with Crippen LogP contribution in [0.2, 0.25) is 0 Å². The van der Waals surface area contributed by atoms with Crippen molar-refractivity contribution >= 4 is 85.4 Å². The predicted molar refractivity (Wildman–Crippen MR) is 182 cm³/mol. The van der Waals surface area contributed by atoms with Crippen molar-refractivity contribution < 1.29 is 14.3 Å². The van der Waals surface area contributed by atoms with Gasteiger partial charge in [0.15, 0.2) is 0 Å². The molecule has 10 heteroatoms. The van der Waals surface area contributed by atoms with E-state index in [4.69, 9.17) is 32.9 Å². The molecule has 2 amide bonds. The number of nitrogens with one attached hydrogen (secondary N) is 3. The number of nitrogens with zero attached hydrogens (tertiary/aromatic N) is 2. The number of benzene rings is 4. The maximum atomic E-state index is 12.7. The molecule has 0 fully saturated rings. The van der Waals surface area contributed by atoms with Crippen molar-refractivity contribution in [2.75, 3.05) is 45.7 Å². The monoisotopic (exact) mass is 629 g/mol. The van der Waals surface area contributed by atoms with Crippen molar-refractivity contribution in [1.29, 1.82) is 0 Å². The SMILES string of the molecule is CCC(=O)Nc1cc(COC(=O)Nc2ccc(N(CCCl)CCCl)cc2)cc(Nc2c3ccccc3nc3ccccc23)c1. The molecule has 0 aliphatic carbocycles. The Balaban J connectivity index is 1.35. The summed E-state index contributed by atoms with van der Waals surface area (Å²) in [5.41, 5.74) is 6.21. The number of para-hydroxylation sites is 2. The Morgan fingerprint density at radius 2 is 1.39 bits per heavy atom. The molecule has 0 saturated heterocycles. The number of fused-ring (bicyclic) bond motifs is 2. The Labute approximate surface area is 266 Å². The van der Waals surface area contributed by atoms with Gasteiger partial charge in [0.25, 0.3) is 0 Å². The van der Waals surface area contributed by atoms with Crippen molar-refractivity contribution in [3.8, 4) is 0 Å². The van der Waals surface area contributed by atoms with Gasteiger partial charge in [-0.25, -0.2) is 9.78 Å². The minimum atomic E-state index is -0.597. The minimum Gasteiger partial charge on any atom is -0.444 e. The van der Waals surface area contributed by atoms with Crippen molar-refractivity contribution in [1.82, 2.24) is 4.98 Å². The Morgan fingerprint density at radius 3 is 2.00 bits per heavy atom. The van der Waals surface area contributed by atoms with E-state index in [-0.39, 0.29) is 12.5 Å². The van der Waals surface area contributed by atoms with Crippen LogP contribution in [0.1, 0.15) is 18.9 Å². The van der Waals surface area contributed by atoms with E-state index in [2.05, 4.69) is 20.9 Å². The third kappa shape index (κ3) is 7.70. The molecule has 0 aliphatic rings. The molecule has 44 heavy (non-hydrogen) atoms. The zero-order valence-corrected chi connectivity index (χ0v) is 25.8. The number of rotatable bonds is 12. The average Bonchev–Trinajstić information content (AvgIpc) is 3.04. The summed E-state index contributed by atoms with van der Waals surface area (Å²) in [4.78, 5) is 31.9. The highest BCUT2D eigenvalue weighted by Crippen LogP contribution is 2.34. The van der Waals surface area contributed by atoms with E-state index in [0.29, 0.717) is 48.2 Å². The van der Waals surface area contributed by atoms with Gasteiger partial charge in [-0.05, 0) is 60.2 Å². The van der Waals surface area contributed by atoms with Gasteiger partial charge in [-0.15, -0.1) is 23.2 Å². The number of hydrogen-bond donors (Lipinski definition) is 3. The van der Waals surface area contributed by atoms with Crippen LogP contribution in [0, 0.1) is 0 Å². The number of alkyl halides is 2. The highest BCUT2D eigenvalue weighted by Gasteiger charge is 2.13. The summed E-state index contributed by atoms with van der Waals surface area (Å²) in [6.07, 6.45) is -0.264. The molecule has 4 aromatic carbocycles. The molecule has 0 spiro atoms. The first-order valence-corrected chi connectivity index (χ1v) is 15.4. The minimum absolute atomic E-state index is 0.00844. The Morgan fingerprint density at radius 1 is 0.773 bits per heavy atom. The molecule has 1 heterocycles. The number of pyridine rings is 1. The van der Waals surface area contributed by atoms with Crippen LogP contribution in [0.4, 0.5) is 33.2 Å². The summed E-state index contributed by atoms with van der Waals surface area (Å²) in [5.74, 6) is 0.852. The van der Waals surface area contributed by atoms with Crippen molar-refractivity contribution in [3.63, 3.8) is 0 Å². The van der Waals surface area contributed by atoms with E-state index in [1.165, 1.54) is 0 Å². The molecule has 0 radical (unpaired) electrons. The van der Waals surface area contributed by atoms with Crippen LogP contribution in [0.5, 0.6) is 0 Å². The number of anilines is 5. The molecule has 0 bridgehead atoms. The number of amides is 2. The van der Waals surface area contributed by atoms with Gasteiger partial charge < -0.3 is 20.3 Å². The number of carbonyl (C=O) groups excluding carboxylic acids is 2. The zero-order chi connectivity index (χ0) is 30.9. The average molecular weight is 631 g/mol. The van der Waals surface area contributed by atoms with Gasteiger partial charge in [0.1, 0.15) is 6.61 Å². The van der Waals surface area contributed by atoms with Crippen molar-refractivity contribution in [2.45, 2.75) is 20.0 Å². The van der Waals surface area contributed by atoms with Crippen LogP contribution in [-0.2, 0) is 16.1 Å². The third-order valence-electron chi connectivity index (χ3n) is 7.01. The smallest absolute Gasteiger partial charge is 0.411 e. The fraction of sp³-hybridized carbons (Fsp3) is 0.206. The molecular formula is C34H33Cl2N5O3. The van der Waals surface area contributed by atoms with Crippen LogP contribution >= 0.6 is 23.2 Å². The molecular weight excluding hydrogens is 597 g/mol. The van der Waals surface area contributed by atoms with E-state index < -0.39 is 6.09 Å². The summed E-state index contributed by atoms with van der Waals surface area (Å²) in [6, 6.07) is 28.8. The first-order valence-electron chi connectivity index (χ1n) is 14.4. The molecule has 3 N–H and O–H groups in total. The topological polar surface area (TPSA) is 95.6 Å². The molecule has 1 aromatic heterocycles. The number of hydrogen-bond acceptors (Lipinski definition) is 6. The van der Waals surface area contributed by atoms with Gasteiger partial charge in [-0.2, -0.15) is 0 Å². The van der Waals surface area contributed by atoms with Crippen molar-refractivity contribution in [2.24, 2.45) is 0 Å². The fourth-order valence-corrected chi connectivity index (χ4v) is 5.33. The first-order chi connectivity index (χ1) is 21.5. The molecule has 0 aliphatic heterocycles. The number of halogens is 2. The molecule has 8 nitrogen and oxygen atoms in total. The molecule has 0 unspecified atom stereocenters. The summed E-state index contributed by atoms with van der Waals surface area (Å²) in [5, 5.41) is 11.2. The number of aromatic nitrogens is 1. The largest absolute Gasteiger partial charge is 0.444 e. The summed E-state index contributed by atoms with van der Waals surface area (Å²) in [7, 11) is 0. The summed E-state index contributed by atoms with van der Waals surface area (Å²) >= 11 is 11.8. The van der Waals surface area contributed by atoms with Crippen molar-refractivity contribution in [3.05, 3.63) is 96.6 Å². The molecule has 5 aromatic rings. The standard InChI is InChI=1S/C34H33Cl2N5O3/c1-2-32(42)37-25-19-23(22-44-34(43)39-24-11-13-27(14-12-24)41(17-15-35)18-16-36)20-26(21-25)38-33-28-7-3-5-9-30(28)40-31-10-6-4-8-29(31)33/h3-14,19-21H,2,15-18,22H2,1H3,(H,37,42)(H,38,40)(H,39,43). The highest BCUT2D eigenvalue weighted by atomic mass is 35.5. The van der Waals surface area contributed by atoms with Crippen LogP contribution in [-0.4, -0.2) is 41.8 Å². The second kappa shape index (κ2) is 14.8. The molecule has 0 saturated carbocycles. The van der Waals surface area contributed by atoms with Gasteiger partial charge >= 0.3 is 6.09 Å². The Bertz CT molecular complexity index is 1700. The zero-order valence-electron chi connectivity index (χ0n) is 24.3. The van der Waals surface area contributed by atoms with Gasteiger partial charge in [-0.3, -0.25) is 10.1 Å². The second-order valence-electron chi connectivity index (χ2n) is 10.1. The van der Waals surface area contributed by atoms with Crippen LogP contribution in [0.3, 0.4) is 0 Å². The quantitative estimate of drug-likeness (QED) is 0.0945. The second-order valence-corrected chi connectivity index (χ2v) is 10.8. The fourth-order valence-electron chi connectivity index (χ4n) is 4.92. The summed E-state index contributed by atoms with van der Waals surface area (Å²) < 4.78 is 5.57. The summed E-state index contributed by atoms with van der Waals surface area (Å²) in [6.45, 7) is 3.13. The van der Waals surface area contributed by atoms with E-state index in [0.717, 1.165) is 38.9 Å². The van der Waals surface area contributed by atoms with Gasteiger partial charge in [0.05, 0.1) is 16.7 Å². The normalized spacial score (nSPS) is 10.9. The molecule has 226 valence electrons. The first kappa shape index (κ1) is 30.9. The lowest BCUT2D eigenvalue weighted by atomic mass is 10.1. The Hall–Kier alpha value is -4.53. The third-order valence-corrected chi connectivity index (χ3v) is 7.35. The van der Waals surface area contributed by atoms with Crippen LogP contribution in [0.25, 0.3) is 21.8 Å². The van der Waals surface area contributed by atoms with E-state index in [1.54, 1.807) is 25.1 Å². The maximum Gasteiger partial charge on any atom is 0.411 e. The van der Waals surface area contributed by atoms with Crippen LogP contribution < -0.4 is 20.9 Å². The molecule has 0 atom stereocenters. The van der Waals surface area contributed by atoms with Gasteiger partial charge in [0, 0.05) is 64.8 Å². The Kier molecular flexibility index (Phi) is 10.4. The van der Waals surface area contributed by atoms with E-state index in [9.17, 15) is 9.59 Å². The lowest BCUT2D eigenvalue weighted by molar-refractivity contribution is -0.115. The maximum absolute atomic E-state index is 12.7. The lowest BCUT2D eigenvalue weighted by Gasteiger charge is -2.23. The van der Waals surface area contributed by atoms with E-state index >= 15 is 0 Å².